The first-order valence-corrected chi connectivity index (χ1v) is 9.94. The van der Waals surface area contributed by atoms with Crippen LogP contribution in [0.1, 0.15) is 25.6 Å². The van der Waals surface area contributed by atoms with Gasteiger partial charge >= 0.3 is 0 Å². The first kappa shape index (κ1) is 19.9. The summed E-state index contributed by atoms with van der Waals surface area (Å²) in [5.74, 6) is 0.936. The van der Waals surface area contributed by atoms with Gasteiger partial charge in [0.1, 0.15) is 0 Å². The van der Waals surface area contributed by atoms with Gasteiger partial charge in [-0.2, -0.15) is 9.97 Å². The fraction of sp³-hybridized carbons (Fsp3) is 0.471. The fourth-order valence-corrected chi connectivity index (χ4v) is 3.32. The summed E-state index contributed by atoms with van der Waals surface area (Å²) in [6, 6.07) is 7.42. The van der Waals surface area contributed by atoms with Crippen LogP contribution in [0.4, 0.5) is 5.95 Å². The lowest BCUT2D eigenvalue weighted by Gasteiger charge is -2.32. The van der Waals surface area contributed by atoms with Crippen molar-refractivity contribution in [3.63, 3.8) is 0 Å². The van der Waals surface area contributed by atoms with Crippen LogP contribution in [0.3, 0.4) is 0 Å². The minimum atomic E-state index is -1.73. The van der Waals surface area contributed by atoms with E-state index >= 15 is 0 Å². The molecule has 1 atom stereocenters. The Labute approximate surface area is 173 Å². The second-order valence-corrected chi connectivity index (χ2v) is 8.91. The lowest BCUT2D eigenvalue weighted by atomic mass is 10.1. The van der Waals surface area contributed by atoms with Crippen LogP contribution in [0.5, 0.6) is 0 Å². The molecule has 1 aliphatic heterocycles. The number of hydrogen-bond acceptors (Lipinski definition) is 5. The number of rotatable bonds is 4. The number of benzene rings is 1. The van der Waals surface area contributed by atoms with Crippen LogP contribution in [0.2, 0.25) is 5.02 Å². The summed E-state index contributed by atoms with van der Waals surface area (Å²) in [5, 5.41) is 4.00. The molecule has 0 radical (unpaired) electrons. The van der Waals surface area contributed by atoms with Gasteiger partial charge in [0.05, 0.1) is 0 Å². The van der Waals surface area contributed by atoms with Crippen LogP contribution in [-0.4, -0.2) is 45.5 Å². The lowest BCUT2D eigenvalue weighted by molar-refractivity contribution is 0.226. The van der Waals surface area contributed by atoms with Gasteiger partial charge in [-0.3, -0.25) is 0 Å². The molecule has 140 valence electrons. The van der Waals surface area contributed by atoms with Crippen LogP contribution >= 0.6 is 46.4 Å². The summed E-state index contributed by atoms with van der Waals surface area (Å²) in [7, 11) is 0. The summed E-state index contributed by atoms with van der Waals surface area (Å²) in [4.78, 5) is 15.5. The second-order valence-electron chi connectivity index (χ2n) is 6.19. The zero-order chi connectivity index (χ0) is 18.7. The van der Waals surface area contributed by atoms with Crippen molar-refractivity contribution in [2.24, 2.45) is 0 Å². The normalized spacial score (nSPS) is 18.7. The Morgan fingerprint density at radius 2 is 1.88 bits per heavy atom. The van der Waals surface area contributed by atoms with Crippen LogP contribution in [0, 0.1) is 0 Å². The topological polar surface area (TPSA) is 53.9 Å². The maximum absolute atomic E-state index is 6.02. The van der Waals surface area contributed by atoms with Crippen molar-refractivity contribution in [1.29, 1.82) is 0 Å². The molecule has 1 saturated heterocycles. The number of alkyl halides is 3. The molecule has 1 aliphatic rings. The maximum Gasteiger partial charge on any atom is 0.250 e. The van der Waals surface area contributed by atoms with E-state index in [0.717, 1.165) is 38.0 Å². The Hall–Kier alpha value is -0.850. The van der Waals surface area contributed by atoms with Gasteiger partial charge in [-0.25, -0.2) is 4.98 Å². The number of piperidine rings is 1. The van der Waals surface area contributed by atoms with Gasteiger partial charge in [0.2, 0.25) is 9.74 Å². The average Bonchev–Trinajstić information content (AvgIpc) is 2.61. The van der Waals surface area contributed by atoms with Crippen LogP contribution in [0.25, 0.3) is 11.4 Å². The number of nitrogens with one attached hydrogen (secondary N) is 1. The van der Waals surface area contributed by atoms with E-state index in [9.17, 15) is 0 Å². The van der Waals surface area contributed by atoms with Gasteiger partial charge in [-0.15, -0.1) is 0 Å². The molecule has 0 aliphatic carbocycles. The number of hydrogen-bond donors (Lipinski definition) is 1. The number of likely N-dealkylation sites (tertiary alicyclic amines) is 1. The highest BCUT2D eigenvalue weighted by molar-refractivity contribution is 6.66. The molecule has 0 bridgehead atoms. The molecule has 0 amide bonds. The summed E-state index contributed by atoms with van der Waals surface area (Å²) in [6.45, 7) is 5.22. The van der Waals surface area contributed by atoms with Gasteiger partial charge in [-0.05, 0) is 50.2 Å². The monoisotopic (exact) mass is 433 g/mol. The van der Waals surface area contributed by atoms with E-state index < -0.39 is 3.79 Å². The van der Waals surface area contributed by atoms with E-state index in [2.05, 4.69) is 32.1 Å². The number of likely N-dealkylation sites (N-methyl/N-ethyl adjacent to an activating group) is 1. The Balaban J connectivity index is 1.91. The van der Waals surface area contributed by atoms with Crippen molar-refractivity contribution in [2.75, 3.05) is 25.0 Å². The Kier molecular flexibility index (Phi) is 6.46. The molecule has 1 fully saturated rings. The lowest BCUT2D eigenvalue weighted by Crippen LogP contribution is -2.42. The highest BCUT2D eigenvalue weighted by Gasteiger charge is 2.29. The second kappa shape index (κ2) is 8.44. The minimum Gasteiger partial charge on any atom is -0.350 e. The standard InChI is InChI=1S/C17H19Cl4N5/c1-2-26-9-3-4-13(10-26)22-16-24-14(11-5-7-12(18)8-6-11)23-15(25-16)17(19,20)21/h5-8,13H,2-4,9-10H2,1H3,(H,22,23,24,25). The van der Waals surface area contributed by atoms with Crippen LogP contribution in [0.15, 0.2) is 24.3 Å². The Morgan fingerprint density at radius 1 is 1.15 bits per heavy atom. The van der Waals surface area contributed by atoms with E-state index in [-0.39, 0.29) is 11.9 Å². The van der Waals surface area contributed by atoms with Gasteiger partial charge < -0.3 is 10.2 Å². The van der Waals surface area contributed by atoms with Crippen molar-refractivity contribution in [3.8, 4) is 11.4 Å². The summed E-state index contributed by atoms with van der Waals surface area (Å²) in [6.07, 6.45) is 2.17. The van der Waals surface area contributed by atoms with Gasteiger partial charge in [-0.1, -0.05) is 53.3 Å². The molecular formula is C17H19Cl4N5. The van der Waals surface area contributed by atoms with E-state index in [0.29, 0.717) is 16.8 Å². The molecule has 9 heteroatoms. The highest BCUT2D eigenvalue weighted by atomic mass is 35.6. The largest absolute Gasteiger partial charge is 0.350 e. The van der Waals surface area contributed by atoms with E-state index in [1.165, 1.54) is 0 Å². The molecule has 0 saturated carbocycles. The number of nitrogens with zero attached hydrogens (tertiary/aromatic N) is 4. The van der Waals surface area contributed by atoms with Gasteiger partial charge in [0, 0.05) is 23.2 Å². The van der Waals surface area contributed by atoms with Crippen LogP contribution in [-0.2, 0) is 3.79 Å². The predicted octanol–water partition coefficient (Wildman–Crippen LogP) is 4.91. The average molecular weight is 435 g/mol. The Bertz CT molecular complexity index is 748. The molecule has 26 heavy (non-hydrogen) atoms. The quantitative estimate of drug-likeness (QED) is 0.692. The van der Waals surface area contributed by atoms with E-state index in [1.807, 2.05) is 12.1 Å². The fourth-order valence-electron chi connectivity index (χ4n) is 2.94. The molecule has 1 aromatic heterocycles. The smallest absolute Gasteiger partial charge is 0.250 e. The third kappa shape index (κ3) is 5.11. The number of anilines is 1. The third-order valence-electron chi connectivity index (χ3n) is 4.28. The molecule has 1 aromatic carbocycles. The summed E-state index contributed by atoms with van der Waals surface area (Å²) >= 11 is 24.0. The SMILES string of the molecule is CCN1CCCC(Nc2nc(-c3ccc(Cl)cc3)nc(C(Cl)(Cl)Cl)n2)C1. The highest BCUT2D eigenvalue weighted by Crippen LogP contribution is 2.37. The molecule has 2 heterocycles. The number of halogens is 4. The zero-order valence-corrected chi connectivity index (χ0v) is 17.2. The first-order valence-electron chi connectivity index (χ1n) is 8.43. The Morgan fingerprint density at radius 3 is 2.54 bits per heavy atom. The first-order chi connectivity index (χ1) is 12.3. The molecule has 3 rings (SSSR count). The molecule has 0 spiro atoms. The van der Waals surface area contributed by atoms with Crippen molar-refractivity contribution >= 4 is 52.4 Å². The van der Waals surface area contributed by atoms with Crippen molar-refractivity contribution in [1.82, 2.24) is 19.9 Å². The summed E-state index contributed by atoms with van der Waals surface area (Å²) in [5.41, 5.74) is 0.772. The molecule has 1 N–H and O–H groups in total. The molecular weight excluding hydrogens is 416 g/mol. The van der Waals surface area contributed by atoms with E-state index in [4.69, 9.17) is 46.4 Å². The predicted molar refractivity (Wildman–Crippen MR) is 108 cm³/mol. The zero-order valence-electron chi connectivity index (χ0n) is 14.2. The molecule has 2 aromatic rings. The van der Waals surface area contributed by atoms with Gasteiger partial charge in [0.25, 0.3) is 0 Å². The number of aromatic nitrogens is 3. The third-order valence-corrected chi connectivity index (χ3v) is 5.04. The summed E-state index contributed by atoms with van der Waals surface area (Å²) < 4.78 is -1.73. The minimum absolute atomic E-state index is 0.0908. The molecule has 1 unspecified atom stereocenters. The molecule has 5 nitrogen and oxygen atoms in total. The van der Waals surface area contributed by atoms with Gasteiger partial charge in [0.15, 0.2) is 11.6 Å². The maximum atomic E-state index is 6.02. The van der Waals surface area contributed by atoms with E-state index in [1.54, 1.807) is 12.1 Å². The van der Waals surface area contributed by atoms with Crippen molar-refractivity contribution in [3.05, 3.63) is 35.1 Å². The van der Waals surface area contributed by atoms with Crippen LogP contribution < -0.4 is 5.32 Å². The van der Waals surface area contributed by atoms with Crippen molar-refractivity contribution < 1.29 is 0 Å². The van der Waals surface area contributed by atoms with Crippen molar-refractivity contribution in [2.45, 2.75) is 29.6 Å².